The SMILES string of the molecule is CCCOc1ccc([C@H](CC(=O)[O-])NC(=O)c2cc(Cl)ccc2Cl)cc1. The molecule has 0 aliphatic carbocycles. The Morgan fingerprint density at radius 2 is 1.85 bits per heavy atom. The summed E-state index contributed by atoms with van der Waals surface area (Å²) in [6, 6.07) is 10.6. The number of carboxylic acids is 1. The van der Waals surface area contributed by atoms with Gasteiger partial charge in [0.1, 0.15) is 5.75 Å². The Labute approximate surface area is 161 Å². The van der Waals surface area contributed by atoms with E-state index in [4.69, 9.17) is 27.9 Å². The molecule has 0 spiro atoms. The van der Waals surface area contributed by atoms with Crippen LogP contribution in [0.25, 0.3) is 0 Å². The number of carbonyl (C=O) groups is 2. The van der Waals surface area contributed by atoms with Crippen LogP contribution in [-0.4, -0.2) is 18.5 Å². The van der Waals surface area contributed by atoms with Gasteiger partial charge in [-0.15, -0.1) is 0 Å². The predicted octanol–water partition coefficient (Wildman–Crippen LogP) is 3.39. The molecule has 0 aliphatic heterocycles. The number of carboxylic acid groups (broad SMARTS) is 1. The van der Waals surface area contributed by atoms with Crippen molar-refractivity contribution >= 4 is 35.1 Å². The summed E-state index contributed by atoms with van der Waals surface area (Å²) in [5.41, 5.74) is 0.787. The summed E-state index contributed by atoms with van der Waals surface area (Å²) >= 11 is 11.9. The van der Waals surface area contributed by atoms with Crippen molar-refractivity contribution in [3.63, 3.8) is 0 Å². The fraction of sp³-hybridized carbons (Fsp3) is 0.263. The van der Waals surface area contributed by atoms with Gasteiger partial charge in [-0.05, 0) is 42.3 Å². The molecule has 2 rings (SSSR count). The highest BCUT2D eigenvalue weighted by Crippen LogP contribution is 2.24. The molecule has 2 aromatic carbocycles. The highest BCUT2D eigenvalue weighted by Gasteiger charge is 2.18. The minimum absolute atomic E-state index is 0.172. The topological polar surface area (TPSA) is 78.5 Å². The Morgan fingerprint density at radius 1 is 1.15 bits per heavy atom. The molecular weight excluding hydrogens is 377 g/mol. The first-order valence-electron chi connectivity index (χ1n) is 8.09. The molecule has 1 amide bonds. The van der Waals surface area contributed by atoms with Crippen molar-refractivity contribution in [1.29, 1.82) is 0 Å². The first-order valence-corrected chi connectivity index (χ1v) is 8.84. The van der Waals surface area contributed by atoms with E-state index in [-0.39, 0.29) is 17.0 Å². The van der Waals surface area contributed by atoms with Gasteiger partial charge in [0, 0.05) is 17.4 Å². The monoisotopic (exact) mass is 394 g/mol. The standard InChI is InChI=1S/C19H19Cl2NO4/c1-2-9-26-14-6-3-12(4-7-14)17(11-18(23)24)22-19(25)15-10-13(20)5-8-16(15)21/h3-8,10,17H,2,9,11H2,1H3,(H,22,25)(H,23,24)/p-1/t17-/m0/s1. The molecule has 0 bridgehead atoms. The summed E-state index contributed by atoms with van der Waals surface area (Å²) in [6.07, 6.45) is 0.505. The smallest absolute Gasteiger partial charge is 0.253 e. The maximum atomic E-state index is 12.5. The second-order valence-corrected chi connectivity index (χ2v) is 6.49. The van der Waals surface area contributed by atoms with E-state index in [1.807, 2.05) is 6.92 Å². The highest BCUT2D eigenvalue weighted by molar-refractivity contribution is 6.35. The lowest BCUT2D eigenvalue weighted by atomic mass is 10.0. The molecule has 0 aliphatic rings. The largest absolute Gasteiger partial charge is 0.550 e. The second kappa shape index (κ2) is 9.46. The number of carbonyl (C=O) groups excluding carboxylic acids is 2. The average Bonchev–Trinajstić information content (AvgIpc) is 2.61. The number of hydrogen-bond acceptors (Lipinski definition) is 4. The normalized spacial score (nSPS) is 11.7. The Bertz CT molecular complexity index is 778. The third kappa shape index (κ3) is 5.64. The van der Waals surface area contributed by atoms with E-state index in [0.717, 1.165) is 6.42 Å². The fourth-order valence-electron chi connectivity index (χ4n) is 2.34. The van der Waals surface area contributed by atoms with Crippen LogP contribution in [0.2, 0.25) is 10.0 Å². The van der Waals surface area contributed by atoms with Crippen LogP contribution in [0.5, 0.6) is 5.75 Å². The number of nitrogens with one attached hydrogen (secondary N) is 1. The van der Waals surface area contributed by atoms with Crippen LogP contribution in [0.1, 0.15) is 41.7 Å². The summed E-state index contributed by atoms with van der Waals surface area (Å²) in [6.45, 7) is 2.59. The number of ether oxygens (including phenoxy) is 1. The van der Waals surface area contributed by atoms with Crippen molar-refractivity contribution in [3.05, 3.63) is 63.6 Å². The third-order valence-corrected chi connectivity index (χ3v) is 4.17. The van der Waals surface area contributed by atoms with Gasteiger partial charge in [-0.3, -0.25) is 4.79 Å². The van der Waals surface area contributed by atoms with Crippen molar-refractivity contribution in [2.24, 2.45) is 0 Å². The molecule has 0 saturated carbocycles. The van der Waals surface area contributed by atoms with Crippen LogP contribution in [0.3, 0.4) is 0 Å². The molecule has 0 unspecified atom stereocenters. The van der Waals surface area contributed by atoms with Crippen LogP contribution < -0.4 is 15.2 Å². The average molecular weight is 395 g/mol. The van der Waals surface area contributed by atoms with E-state index in [9.17, 15) is 14.7 Å². The van der Waals surface area contributed by atoms with Crippen molar-refractivity contribution in [2.45, 2.75) is 25.8 Å². The summed E-state index contributed by atoms with van der Waals surface area (Å²) in [7, 11) is 0. The summed E-state index contributed by atoms with van der Waals surface area (Å²) < 4.78 is 5.50. The zero-order valence-electron chi connectivity index (χ0n) is 14.1. The van der Waals surface area contributed by atoms with E-state index in [2.05, 4.69) is 5.32 Å². The number of amides is 1. The molecule has 0 saturated heterocycles. The zero-order chi connectivity index (χ0) is 19.1. The van der Waals surface area contributed by atoms with Crippen LogP contribution in [-0.2, 0) is 4.79 Å². The molecule has 26 heavy (non-hydrogen) atoms. The first-order chi connectivity index (χ1) is 12.4. The predicted molar refractivity (Wildman–Crippen MR) is 98.5 cm³/mol. The minimum atomic E-state index is -1.28. The van der Waals surface area contributed by atoms with Gasteiger partial charge in [-0.2, -0.15) is 0 Å². The second-order valence-electron chi connectivity index (χ2n) is 5.64. The van der Waals surface area contributed by atoms with Crippen LogP contribution in [0.4, 0.5) is 0 Å². The Balaban J connectivity index is 2.20. The highest BCUT2D eigenvalue weighted by atomic mass is 35.5. The van der Waals surface area contributed by atoms with Gasteiger partial charge in [0.15, 0.2) is 0 Å². The molecule has 138 valence electrons. The lowest BCUT2D eigenvalue weighted by Gasteiger charge is -2.20. The van der Waals surface area contributed by atoms with Gasteiger partial charge in [-0.25, -0.2) is 0 Å². The van der Waals surface area contributed by atoms with E-state index < -0.39 is 17.9 Å². The zero-order valence-corrected chi connectivity index (χ0v) is 15.6. The van der Waals surface area contributed by atoms with Crippen LogP contribution in [0, 0.1) is 0 Å². The third-order valence-electron chi connectivity index (χ3n) is 3.60. The Hall–Kier alpha value is -2.24. The Morgan fingerprint density at radius 3 is 2.46 bits per heavy atom. The van der Waals surface area contributed by atoms with Gasteiger partial charge in [0.25, 0.3) is 5.91 Å². The summed E-state index contributed by atoms with van der Waals surface area (Å²) in [4.78, 5) is 23.6. The van der Waals surface area contributed by atoms with Crippen molar-refractivity contribution in [3.8, 4) is 5.75 Å². The van der Waals surface area contributed by atoms with Crippen LogP contribution >= 0.6 is 23.2 Å². The molecule has 0 aromatic heterocycles. The fourth-order valence-corrected chi connectivity index (χ4v) is 2.72. The quantitative estimate of drug-likeness (QED) is 0.743. The van der Waals surface area contributed by atoms with E-state index >= 15 is 0 Å². The molecule has 7 heteroatoms. The lowest BCUT2D eigenvalue weighted by Crippen LogP contribution is -2.34. The minimum Gasteiger partial charge on any atom is -0.550 e. The molecule has 1 atom stereocenters. The van der Waals surface area contributed by atoms with Gasteiger partial charge in [-0.1, -0.05) is 42.3 Å². The number of rotatable bonds is 8. The van der Waals surface area contributed by atoms with Crippen molar-refractivity contribution < 1.29 is 19.4 Å². The number of aliphatic carboxylic acids is 1. The molecule has 0 radical (unpaired) electrons. The van der Waals surface area contributed by atoms with Gasteiger partial charge in [0.2, 0.25) is 0 Å². The lowest BCUT2D eigenvalue weighted by molar-refractivity contribution is -0.306. The summed E-state index contributed by atoms with van der Waals surface area (Å²) in [5, 5.41) is 14.3. The maximum Gasteiger partial charge on any atom is 0.253 e. The van der Waals surface area contributed by atoms with Crippen molar-refractivity contribution in [2.75, 3.05) is 6.61 Å². The molecule has 2 aromatic rings. The maximum absolute atomic E-state index is 12.5. The van der Waals surface area contributed by atoms with E-state index in [1.54, 1.807) is 30.3 Å². The molecule has 5 nitrogen and oxygen atoms in total. The molecule has 0 fully saturated rings. The number of halogens is 2. The van der Waals surface area contributed by atoms with Gasteiger partial charge < -0.3 is 20.0 Å². The van der Waals surface area contributed by atoms with Gasteiger partial charge in [0.05, 0.1) is 23.2 Å². The number of hydrogen-bond donors (Lipinski definition) is 1. The summed E-state index contributed by atoms with van der Waals surface area (Å²) in [5.74, 6) is -1.12. The van der Waals surface area contributed by atoms with E-state index in [0.29, 0.717) is 22.9 Å². The van der Waals surface area contributed by atoms with Crippen molar-refractivity contribution in [1.82, 2.24) is 5.32 Å². The Kier molecular flexibility index (Phi) is 7.30. The first kappa shape index (κ1) is 20.1. The number of benzene rings is 2. The van der Waals surface area contributed by atoms with Crippen LogP contribution in [0.15, 0.2) is 42.5 Å². The molecule has 0 heterocycles. The van der Waals surface area contributed by atoms with Gasteiger partial charge >= 0.3 is 0 Å². The van der Waals surface area contributed by atoms with E-state index in [1.165, 1.54) is 12.1 Å². The molecular formula is C19H18Cl2NO4-. The molecule has 1 N–H and O–H groups in total.